The molecular formula is C11H12BrClFN. The molecular weight excluding hydrogens is 280 g/mol. The predicted octanol–water partition coefficient (Wildman–Crippen LogP) is 4.45. The Morgan fingerprint density at radius 3 is 2.73 bits per heavy atom. The number of rotatable bonds is 3. The van der Waals surface area contributed by atoms with E-state index >= 15 is 0 Å². The second kappa shape index (κ2) is 4.71. The van der Waals surface area contributed by atoms with Gasteiger partial charge in [0.1, 0.15) is 5.82 Å². The molecule has 4 heteroatoms. The summed E-state index contributed by atoms with van der Waals surface area (Å²) >= 11 is 9.25. The largest absolute Gasteiger partial charge is 0.383 e. The highest BCUT2D eigenvalue weighted by Gasteiger charge is 2.18. The minimum absolute atomic E-state index is 0.318. The number of hydrogen-bond donors (Lipinski definition) is 1. The van der Waals surface area contributed by atoms with Gasteiger partial charge < -0.3 is 5.32 Å². The first-order chi connectivity index (χ1) is 7.16. The van der Waals surface area contributed by atoms with Crippen LogP contribution in [-0.4, -0.2) is 6.54 Å². The number of anilines is 1. The quantitative estimate of drug-likeness (QED) is 0.867. The monoisotopic (exact) mass is 291 g/mol. The second-order valence-corrected chi connectivity index (χ2v) is 5.18. The van der Waals surface area contributed by atoms with E-state index in [-0.39, 0.29) is 5.82 Å². The van der Waals surface area contributed by atoms with Crippen molar-refractivity contribution in [1.29, 1.82) is 0 Å². The number of nitrogens with one attached hydrogen (secondary N) is 1. The molecule has 1 aliphatic carbocycles. The Morgan fingerprint density at radius 1 is 1.47 bits per heavy atom. The van der Waals surface area contributed by atoms with E-state index in [1.54, 1.807) is 0 Å². The van der Waals surface area contributed by atoms with Crippen LogP contribution in [0, 0.1) is 11.7 Å². The van der Waals surface area contributed by atoms with Crippen LogP contribution in [0.3, 0.4) is 0 Å². The van der Waals surface area contributed by atoms with Crippen LogP contribution in [0.15, 0.2) is 16.6 Å². The summed E-state index contributed by atoms with van der Waals surface area (Å²) in [6.07, 6.45) is 3.89. The fourth-order valence-corrected chi connectivity index (χ4v) is 2.61. The first kappa shape index (κ1) is 11.2. The highest BCUT2D eigenvalue weighted by molar-refractivity contribution is 9.10. The van der Waals surface area contributed by atoms with E-state index in [0.717, 1.165) is 18.2 Å². The van der Waals surface area contributed by atoms with E-state index in [1.165, 1.54) is 31.4 Å². The first-order valence-electron chi connectivity index (χ1n) is 5.05. The molecule has 82 valence electrons. The number of benzene rings is 1. The van der Waals surface area contributed by atoms with Gasteiger partial charge in [-0.2, -0.15) is 0 Å². The average molecular weight is 293 g/mol. The lowest BCUT2D eigenvalue weighted by Gasteiger charge is -2.26. The molecule has 1 N–H and O–H groups in total. The van der Waals surface area contributed by atoms with Crippen LogP contribution in [0.25, 0.3) is 0 Å². The standard InChI is InChI=1S/C11H12BrClFN/c12-9-4-8(14)5-10(13)11(9)15-6-7-2-1-3-7/h4-5,7,15H,1-3,6H2. The minimum Gasteiger partial charge on any atom is -0.383 e. The van der Waals surface area contributed by atoms with E-state index in [2.05, 4.69) is 21.2 Å². The van der Waals surface area contributed by atoms with Gasteiger partial charge in [0, 0.05) is 11.0 Å². The fraction of sp³-hybridized carbons (Fsp3) is 0.455. The third kappa shape index (κ3) is 2.64. The maximum Gasteiger partial charge on any atom is 0.125 e. The predicted molar refractivity (Wildman–Crippen MR) is 64.9 cm³/mol. The van der Waals surface area contributed by atoms with Gasteiger partial charge in [-0.1, -0.05) is 18.0 Å². The van der Waals surface area contributed by atoms with Crippen molar-refractivity contribution in [2.45, 2.75) is 19.3 Å². The molecule has 0 amide bonds. The van der Waals surface area contributed by atoms with Gasteiger partial charge in [0.2, 0.25) is 0 Å². The van der Waals surface area contributed by atoms with Crippen molar-refractivity contribution in [3.8, 4) is 0 Å². The molecule has 15 heavy (non-hydrogen) atoms. The maximum atomic E-state index is 12.9. The first-order valence-corrected chi connectivity index (χ1v) is 6.22. The van der Waals surface area contributed by atoms with E-state index in [9.17, 15) is 4.39 Å². The van der Waals surface area contributed by atoms with Crippen LogP contribution < -0.4 is 5.32 Å². The Hall–Kier alpha value is -0.280. The third-order valence-corrected chi connectivity index (χ3v) is 3.72. The summed E-state index contributed by atoms with van der Waals surface area (Å²) in [6, 6.07) is 2.75. The maximum absolute atomic E-state index is 12.9. The molecule has 1 aliphatic rings. The summed E-state index contributed by atoms with van der Waals surface area (Å²) in [6.45, 7) is 0.921. The van der Waals surface area contributed by atoms with E-state index in [0.29, 0.717) is 9.50 Å². The van der Waals surface area contributed by atoms with Crippen molar-refractivity contribution in [2.75, 3.05) is 11.9 Å². The Kier molecular flexibility index (Phi) is 3.52. The molecule has 1 aromatic carbocycles. The van der Waals surface area contributed by atoms with E-state index < -0.39 is 0 Å². The van der Waals surface area contributed by atoms with Gasteiger partial charge in [-0.05, 0) is 46.8 Å². The molecule has 0 aromatic heterocycles. The summed E-state index contributed by atoms with van der Waals surface area (Å²) < 4.78 is 13.6. The van der Waals surface area contributed by atoms with Crippen LogP contribution in [0.5, 0.6) is 0 Å². The molecule has 0 radical (unpaired) electrons. The minimum atomic E-state index is -0.318. The van der Waals surface area contributed by atoms with Crippen LogP contribution in [0.4, 0.5) is 10.1 Å². The van der Waals surface area contributed by atoms with Crippen molar-refractivity contribution in [3.63, 3.8) is 0 Å². The zero-order valence-corrected chi connectivity index (χ0v) is 10.5. The lowest BCUT2D eigenvalue weighted by molar-refractivity contribution is 0.333. The van der Waals surface area contributed by atoms with Gasteiger partial charge in [-0.25, -0.2) is 4.39 Å². The lowest BCUT2D eigenvalue weighted by atomic mass is 9.85. The smallest absolute Gasteiger partial charge is 0.125 e. The van der Waals surface area contributed by atoms with Gasteiger partial charge in [0.15, 0.2) is 0 Å². The second-order valence-electron chi connectivity index (χ2n) is 3.92. The molecule has 1 nitrogen and oxygen atoms in total. The average Bonchev–Trinajstić information content (AvgIpc) is 2.06. The van der Waals surface area contributed by atoms with Gasteiger partial charge in [-0.15, -0.1) is 0 Å². The molecule has 1 aromatic rings. The zero-order valence-electron chi connectivity index (χ0n) is 8.19. The highest BCUT2D eigenvalue weighted by atomic mass is 79.9. The normalized spacial score (nSPS) is 16.2. The molecule has 0 atom stereocenters. The highest BCUT2D eigenvalue weighted by Crippen LogP contribution is 2.33. The zero-order chi connectivity index (χ0) is 10.8. The summed E-state index contributed by atoms with van der Waals surface area (Å²) in [5.41, 5.74) is 0.796. The molecule has 1 saturated carbocycles. The molecule has 0 heterocycles. The SMILES string of the molecule is Fc1cc(Cl)c(NCC2CCC2)c(Br)c1. The van der Waals surface area contributed by atoms with Crippen LogP contribution >= 0.6 is 27.5 Å². The molecule has 0 bridgehead atoms. The van der Waals surface area contributed by atoms with Crippen LogP contribution in [-0.2, 0) is 0 Å². The van der Waals surface area contributed by atoms with Crippen molar-refractivity contribution in [1.82, 2.24) is 0 Å². The van der Waals surface area contributed by atoms with Gasteiger partial charge >= 0.3 is 0 Å². The summed E-state index contributed by atoms with van der Waals surface area (Å²) in [5.74, 6) is 0.430. The summed E-state index contributed by atoms with van der Waals surface area (Å²) in [5, 5.41) is 3.70. The van der Waals surface area contributed by atoms with Gasteiger partial charge in [0.05, 0.1) is 10.7 Å². The lowest BCUT2D eigenvalue weighted by Crippen LogP contribution is -2.21. The topological polar surface area (TPSA) is 12.0 Å². The molecule has 2 rings (SSSR count). The molecule has 0 aliphatic heterocycles. The summed E-state index contributed by atoms with van der Waals surface area (Å²) in [7, 11) is 0. The van der Waals surface area contributed by atoms with Crippen molar-refractivity contribution in [2.24, 2.45) is 5.92 Å². The fourth-order valence-electron chi connectivity index (χ4n) is 1.65. The Bertz CT molecular complexity index is 343. The van der Waals surface area contributed by atoms with Crippen molar-refractivity contribution in [3.05, 3.63) is 27.4 Å². The number of halogens is 3. The van der Waals surface area contributed by atoms with Crippen molar-refractivity contribution >= 4 is 33.2 Å². The number of hydrogen-bond acceptors (Lipinski definition) is 1. The van der Waals surface area contributed by atoms with E-state index in [4.69, 9.17) is 11.6 Å². The Morgan fingerprint density at radius 2 is 2.20 bits per heavy atom. The molecule has 0 spiro atoms. The van der Waals surface area contributed by atoms with Gasteiger partial charge in [-0.3, -0.25) is 0 Å². The molecule has 0 saturated heterocycles. The molecule has 0 unspecified atom stereocenters. The van der Waals surface area contributed by atoms with Crippen molar-refractivity contribution < 1.29 is 4.39 Å². The van der Waals surface area contributed by atoms with Crippen LogP contribution in [0.2, 0.25) is 5.02 Å². The molecule has 1 fully saturated rings. The van der Waals surface area contributed by atoms with Gasteiger partial charge in [0.25, 0.3) is 0 Å². The third-order valence-electron chi connectivity index (χ3n) is 2.80. The Balaban J connectivity index is 2.05. The van der Waals surface area contributed by atoms with E-state index in [1.807, 2.05) is 0 Å². The summed E-state index contributed by atoms with van der Waals surface area (Å²) in [4.78, 5) is 0. The van der Waals surface area contributed by atoms with Crippen LogP contribution in [0.1, 0.15) is 19.3 Å². The Labute approximate surface area is 102 Å².